The summed E-state index contributed by atoms with van der Waals surface area (Å²) in [4.78, 5) is 32.0. The van der Waals surface area contributed by atoms with Gasteiger partial charge in [-0.15, -0.1) is 0 Å². The van der Waals surface area contributed by atoms with Crippen molar-refractivity contribution in [1.29, 1.82) is 0 Å². The molecule has 41 heavy (non-hydrogen) atoms. The molecule has 6 nitrogen and oxygen atoms in total. The fourth-order valence-corrected chi connectivity index (χ4v) is 6.20. The molecule has 1 spiro atoms. The lowest BCUT2D eigenvalue weighted by molar-refractivity contribution is -0.163. The first-order valence-electron chi connectivity index (χ1n) is 15.2. The van der Waals surface area contributed by atoms with Crippen LogP contribution in [-0.4, -0.2) is 66.0 Å². The van der Waals surface area contributed by atoms with Crippen LogP contribution < -0.4 is 5.32 Å². The van der Waals surface area contributed by atoms with Crippen LogP contribution >= 0.6 is 0 Å². The van der Waals surface area contributed by atoms with Gasteiger partial charge < -0.3 is 19.9 Å². The fraction of sp³-hybridized carbons (Fsp3) is 0.429. The van der Waals surface area contributed by atoms with E-state index in [9.17, 15) is 9.59 Å². The van der Waals surface area contributed by atoms with Crippen LogP contribution in [0.15, 0.2) is 91.0 Å². The Morgan fingerprint density at radius 3 is 1.93 bits per heavy atom. The number of carbonyl (C=O) groups excluding carboxylic acids is 2. The molecule has 0 bridgehead atoms. The van der Waals surface area contributed by atoms with E-state index >= 15 is 0 Å². The topological polar surface area (TPSA) is 61.9 Å². The summed E-state index contributed by atoms with van der Waals surface area (Å²) >= 11 is 0. The summed E-state index contributed by atoms with van der Waals surface area (Å²) in [7, 11) is 0. The van der Waals surface area contributed by atoms with Gasteiger partial charge in [0.2, 0.25) is 11.8 Å². The Balaban J connectivity index is 1.17. The Kier molecular flexibility index (Phi) is 10.2. The van der Waals surface area contributed by atoms with Gasteiger partial charge in [-0.25, -0.2) is 0 Å². The van der Waals surface area contributed by atoms with Crippen LogP contribution in [0.2, 0.25) is 0 Å². The second-order valence-electron chi connectivity index (χ2n) is 11.4. The first-order chi connectivity index (χ1) is 20.1. The van der Waals surface area contributed by atoms with Crippen molar-refractivity contribution in [2.24, 2.45) is 0 Å². The molecule has 0 aromatic heterocycles. The quantitative estimate of drug-likeness (QED) is 0.302. The number of ether oxygens (including phenoxy) is 1. The molecule has 2 aliphatic heterocycles. The number of carbonyl (C=O) groups is 2. The average Bonchev–Trinajstić information content (AvgIpc) is 3.02. The predicted octanol–water partition coefficient (Wildman–Crippen LogP) is 5.02. The largest absolute Gasteiger partial charge is 0.374 e. The van der Waals surface area contributed by atoms with E-state index in [2.05, 4.69) is 52.7 Å². The molecule has 1 N–H and O–H groups in total. The fourth-order valence-electron chi connectivity index (χ4n) is 6.20. The molecule has 3 aromatic carbocycles. The van der Waals surface area contributed by atoms with E-state index < -0.39 is 11.6 Å². The third-order valence-electron chi connectivity index (χ3n) is 8.64. The molecule has 2 amide bonds. The Bertz CT molecular complexity index is 1230. The average molecular weight is 554 g/mol. The van der Waals surface area contributed by atoms with Crippen LogP contribution in [0, 0.1) is 0 Å². The molecule has 1 atom stereocenters. The zero-order chi connectivity index (χ0) is 28.3. The van der Waals surface area contributed by atoms with Crippen molar-refractivity contribution in [1.82, 2.24) is 15.1 Å². The molecule has 6 heteroatoms. The standard InChI is InChI=1S/C35H43N3O3/c39-33-32(28-41-27-31-18-9-3-10-19-31)36-34(40)35(38(33)24-20-30-16-7-2-8-17-30)21-25-37(26-22-35)23-12-4-11-15-29-13-5-1-6-14-29/h1-3,5-10,13-14,16-19,32H,4,11-12,15,20-28H2,(H,36,40). The van der Waals surface area contributed by atoms with E-state index in [1.807, 2.05) is 53.4 Å². The minimum atomic E-state index is -0.786. The maximum atomic E-state index is 13.9. The summed E-state index contributed by atoms with van der Waals surface area (Å²) in [6, 6.07) is 30.1. The van der Waals surface area contributed by atoms with Crippen molar-refractivity contribution in [3.63, 3.8) is 0 Å². The van der Waals surface area contributed by atoms with Gasteiger partial charge in [-0.3, -0.25) is 9.59 Å². The van der Waals surface area contributed by atoms with Crippen LogP contribution in [0.3, 0.4) is 0 Å². The van der Waals surface area contributed by atoms with Crippen molar-refractivity contribution in [2.45, 2.75) is 63.1 Å². The number of aryl methyl sites for hydroxylation is 1. The summed E-state index contributed by atoms with van der Waals surface area (Å²) in [5, 5.41) is 3.06. The Morgan fingerprint density at radius 1 is 0.707 bits per heavy atom. The molecule has 0 radical (unpaired) electrons. The highest BCUT2D eigenvalue weighted by Gasteiger charge is 2.53. The highest BCUT2D eigenvalue weighted by atomic mass is 16.5. The number of piperidine rings is 1. The van der Waals surface area contributed by atoms with E-state index in [1.165, 1.54) is 24.0 Å². The first-order valence-corrected chi connectivity index (χ1v) is 15.2. The SMILES string of the molecule is O=C1C(COCc2ccccc2)NC(=O)C2(CCN(CCCCCc3ccccc3)CC2)N1CCc1ccccc1. The van der Waals surface area contributed by atoms with Gasteiger partial charge in [-0.05, 0) is 61.8 Å². The van der Waals surface area contributed by atoms with Crippen LogP contribution in [0.25, 0.3) is 0 Å². The molecule has 2 heterocycles. The summed E-state index contributed by atoms with van der Waals surface area (Å²) in [5.41, 5.74) is 2.84. The zero-order valence-electron chi connectivity index (χ0n) is 24.0. The van der Waals surface area contributed by atoms with Gasteiger partial charge in [-0.1, -0.05) is 97.4 Å². The highest BCUT2D eigenvalue weighted by molar-refractivity contribution is 6.00. The number of unbranched alkanes of at least 4 members (excludes halogenated alkanes) is 2. The third kappa shape index (κ3) is 7.63. The van der Waals surface area contributed by atoms with E-state index in [0.29, 0.717) is 26.0 Å². The van der Waals surface area contributed by atoms with Gasteiger partial charge in [-0.2, -0.15) is 0 Å². The maximum Gasteiger partial charge on any atom is 0.248 e. The smallest absolute Gasteiger partial charge is 0.248 e. The number of piperazine rings is 1. The monoisotopic (exact) mass is 553 g/mol. The van der Waals surface area contributed by atoms with Crippen molar-refractivity contribution < 1.29 is 14.3 Å². The molecular formula is C35H43N3O3. The normalized spacial score (nSPS) is 18.9. The lowest BCUT2D eigenvalue weighted by atomic mass is 9.81. The summed E-state index contributed by atoms with van der Waals surface area (Å²) in [5.74, 6) is -0.0519. The number of hydrogen-bond donors (Lipinski definition) is 1. The highest BCUT2D eigenvalue weighted by Crippen LogP contribution is 2.33. The summed E-state index contributed by atoms with van der Waals surface area (Å²) in [6.07, 6.45) is 6.73. The van der Waals surface area contributed by atoms with Crippen molar-refractivity contribution >= 4 is 11.8 Å². The Hall–Kier alpha value is -3.48. The third-order valence-corrected chi connectivity index (χ3v) is 8.64. The minimum Gasteiger partial charge on any atom is -0.374 e. The van der Waals surface area contributed by atoms with Gasteiger partial charge in [0.05, 0.1) is 13.2 Å². The molecule has 2 fully saturated rings. The minimum absolute atomic E-state index is 0.0250. The molecule has 2 aliphatic rings. The van der Waals surface area contributed by atoms with Gasteiger partial charge in [0.25, 0.3) is 0 Å². The van der Waals surface area contributed by atoms with Crippen LogP contribution in [0.1, 0.15) is 48.8 Å². The van der Waals surface area contributed by atoms with Gasteiger partial charge in [0.1, 0.15) is 11.6 Å². The molecule has 0 saturated carbocycles. The molecule has 5 rings (SSSR count). The van der Waals surface area contributed by atoms with Gasteiger partial charge in [0, 0.05) is 19.6 Å². The molecular weight excluding hydrogens is 510 g/mol. The number of amides is 2. The van der Waals surface area contributed by atoms with E-state index in [4.69, 9.17) is 4.74 Å². The number of nitrogens with one attached hydrogen (secondary N) is 1. The van der Waals surface area contributed by atoms with Crippen molar-refractivity contribution in [3.05, 3.63) is 108 Å². The maximum absolute atomic E-state index is 13.9. The van der Waals surface area contributed by atoms with E-state index in [-0.39, 0.29) is 18.4 Å². The number of benzene rings is 3. The predicted molar refractivity (Wildman–Crippen MR) is 162 cm³/mol. The van der Waals surface area contributed by atoms with Crippen LogP contribution in [0.4, 0.5) is 0 Å². The lowest BCUT2D eigenvalue weighted by Crippen LogP contribution is -2.73. The van der Waals surface area contributed by atoms with Crippen molar-refractivity contribution in [2.75, 3.05) is 32.8 Å². The number of nitrogens with zero attached hydrogens (tertiary/aromatic N) is 2. The van der Waals surface area contributed by atoms with E-state index in [0.717, 1.165) is 44.5 Å². The van der Waals surface area contributed by atoms with Crippen LogP contribution in [-0.2, 0) is 33.8 Å². The Labute approximate surface area is 244 Å². The van der Waals surface area contributed by atoms with Gasteiger partial charge >= 0.3 is 0 Å². The molecule has 3 aromatic rings. The Morgan fingerprint density at radius 2 is 1.29 bits per heavy atom. The molecule has 2 saturated heterocycles. The van der Waals surface area contributed by atoms with E-state index in [1.54, 1.807) is 0 Å². The molecule has 216 valence electrons. The van der Waals surface area contributed by atoms with Gasteiger partial charge in [0.15, 0.2) is 0 Å². The number of likely N-dealkylation sites (tertiary alicyclic amines) is 1. The zero-order valence-corrected chi connectivity index (χ0v) is 24.0. The second kappa shape index (κ2) is 14.4. The first kappa shape index (κ1) is 29.0. The lowest BCUT2D eigenvalue weighted by Gasteiger charge is -2.51. The summed E-state index contributed by atoms with van der Waals surface area (Å²) < 4.78 is 5.90. The van der Waals surface area contributed by atoms with Crippen molar-refractivity contribution in [3.8, 4) is 0 Å². The number of rotatable bonds is 13. The molecule has 1 unspecified atom stereocenters. The van der Waals surface area contributed by atoms with Crippen LogP contribution in [0.5, 0.6) is 0 Å². The second-order valence-corrected chi connectivity index (χ2v) is 11.4. The summed E-state index contributed by atoms with van der Waals surface area (Å²) in [6.45, 7) is 3.82. The molecule has 0 aliphatic carbocycles. The number of hydrogen-bond acceptors (Lipinski definition) is 4.